The van der Waals surface area contributed by atoms with Crippen molar-refractivity contribution in [3.63, 3.8) is 0 Å². The van der Waals surface area contributed by atoms with E-state index in [0.717, 1.165) is 4.47 Å². The van der Waals surface area contributed by atoms with Crippen LogP contribution in [0, 0.1) is 0 Å². The molecule has 0 aliphatic rings. The molecule has 0 bridgehead atoms. The summed E-state index contributed by atoms with van der Waals surface area (Å²) >= 11 is 3.37. The highest BCUT2D eigenvalue weighted by Gasteiger charge is 2.20. The van der Waals surface area contributed by atoms with Crippen molar-refractivity contribution in [2.45, 2.75) is 39.2 Å². The molecule has 0 radical (unpaired) electrons. The van der Waals surface area contributed by atoms with E-state index >= 15 is 0 Å². The van der Waals surface area contributed by atoms with Gasteiger partial charge in [0.25, 0.3) is 5.91 Å². The Hall–Kier alpha value is -2.41. The van der Waals surface area contributed by atoms with Crippen molar-refractivity contribution in [1.29, 1.82) is 0 Å². The van der Waals surface area contributed by atoms with E-state index in [9.17, 15) is 9.59 Å². The lowest BCUT2D eigenvalue weighted by atomic mass is 10.2. The van der Waals surface area contributed by atoms with E-state index in [0.29, 0.717) is 24.3 Å². The Morgan fingerprint density at radius 3 is 2.46 bits per heavy atom. The molecular weight excluding hydrogens is 424 g/mol. The molecule has 1 heterocycles. The number of nitrogens with zero attached hydrogens (tertiary/aromatic N) is 2. The number of pyridine rings is 1. The molecule has 7 heteroatoms. The maximum Gasteiger partial charge on any atom is 0.306 e. The lowest BCUT2D eigenvalue weighted by Crippen LogP contribution is -2.29. The van der Waals surface area contributed by atoms with Crippen LogP contribution < -0.4 is 4.74 Å². The first-order chi connectivity index (χ1) is 13.2. The summed E-state index contributed by atoms with van der Waals surface area (Å²) in [5.74, 6) is 0.343. The zero-order valence-corrected chi connectivity index (χ0v) is 18.2. The second-order valence-corrected chi connectivity index (χ2v) is 8.24. The van der Waals surface area contributed by atoms with Crippen LogP contribution in [0.3, 0.4) is 0 Å². The topological polar surface area (TPSA) is 68.7 Å². The average Bonchev–Trinajstić information content (AvgIpc) is 2.62. The van der Waals surface area contributed by atoms with Crippen LogP contribution in [0.5, 0.6) is 11.6 Å². The molecule has 0 spiro atoms. The van der Waals surface area contributed by atoms with Crippen molar-refractivity contribution in [3.05, 3.63) is 52.6 Å². The monoisotopic (exact) mass is 448 g/mol. The first-order valence-electron chi connectivity index (χ1n) is 9.01. The molecule has 28 heavy (non-hydrogen) atoms. The van der Waals surface area contributed by atoms with Crippen LogP contribution in [0.1, 0.15) is 44.0 Å². The van der Waals surface area contributed by atoms with Gasteiger partial charge in [-0.25, -0.2) is 4.98 Å². The number of hydrogen-bond donors (Lipinski definition) is 0. The van der Waals surface area contributed by atoms with Gasteiger partial charge in [-0.2, -0.15) is 0 Å². The SMILES string of the molecule is CN(CCCC(=O)OC(C)(C)C)C(=O)c1cccnc1Oc1ccc(Br)cc1. The number of rotatable bonds is 7. The van der Waals surface area contributed by atoms with Gasteiger partial charge in [0.15, 0.2) is 0 Å². The average molecular weight is 449 g/mol. The van der Waals surface area contributed by atoms with Crippen molar-refractivity contribution in [1.82, 2.24) is 9.88 Å². The molecule has 0 aliphatic heterocycles. The molecule has 0 unspecified atom stereocenters. The molecule has 0 aliphatic carbocycles. The summed E-state index contributed by atoms with van der Waals surface area (Å²) < 4.78 is 12.0. The maximum absolute atomic E-state index is 12.8. The third-order valence-corrected chi connectivity index (χ3v) is 4.20. The van der Waals surface area contributed by atoms with Gasteiger partial charge in [0, 0.05) is 30.7 Å². The number of aromatic nitrogens is 1. The fourth-order valence-corrected chi connectivity index (χ4v) is 2.67. The molecule has 0 saturated heterocycles. The van der Waals surface area contributed by atoms with Gasteiger partial charge in [-0.15, -0.1) is 0 Å². The number of benzene rings is 1. The van der Waals surface area contributed by atoms with E-state index in [1.54, 1.807) is 42.4 Å². The molecule has 0 atom stereocenters. The second-order valence-electron chi connectivity index (χ2n) is 7.33. The van der Waals surface area contributed by atoms with Gasteiger partial charge in [-0.05, 0) is 63.6 Å². The van der Waals surface area contributed by atoms with Crippen LogP contribution >= 0.6 is 15.9 Å². The highest BCUT2D eigenvalue weighted by molar-refractivity contribution is 9.10. The van der Waals surface area contributed by atoms with Gasteiger partial charge in [0.1, 0.15) is 16.9 Å². The van der Waals surface area contributed by atoms with Gasteiger partial charge < -0.3 is 14.4 Å². The van der Waals surface area contributed by atoms with Gasteiger partial charge in [0.2, 0.25) is 5.88 Å². The summed E-state index contributed by atoms with van der Waals surface area (Å²) in [6.07, 6.45) is 2.35. The van der Waals surface area contributed by atoms with E-state index in [2.05, 4.69) is 20.9 Å². The lowest BCUT2D eigenvalue weighted by Gasteiger charge is -2.21. The van der Waals surface area contributed by atoms with Crippen molar-refractivity contribution in [3.8, 4) is 11.6 Å². The lowest BCUT2D eigenvalue weighted by molar-refractivity contribution is -0.154. The fraction of sp³-hybridized carbons (Fsp3) is 0.381. The number of carbonyl (C=O) groups excluding carboxylic acids is 2. The van der Waals surface area contributed by atoms with E-state index in [1.807, 2.05) is 32.9 Å². The molecule has 0 saturated carbocycles. The molecular formula is C21H25BrN2O4. The third kappa shape index (κ3) is 6.96. The van der Waals surface area contributed by atoms with E-state index < -0.39 is 5.60 Å². The molecule has 0 fully saturated rings. The Labute approximate surface area is 174 Å². The molecule has 1 aromatic carbocycles. The van der Waals surface area contributed by atoms with Crippen LogP contribution in [-0.2, 0) is 9.53 Å². The zero-order valence-electron chi connectivity index (χ0n) is 16.6. The number of hydrogen-bond acceptors (Lipinski definition) is 5. The number of halogens is 1. The van der Waals surface area contributed by atoms with Gasteiger partial charge in [-0.1, -0.05) is 15.9 Å². The van der Waals surface area contributed by atoms with Crippen molar-refractivity contribution in [2.24, 2.45) is 0 Å². The normalized spacial score (nSPS) is 11.0. The highest BCUT2D eigenvalue weighted by Crippen LogP contribution is 2.25. The predicted octanol–water partition coefficient (Wildman–Crippen LogP) is 4.83. The van der Waals surface area contributed by atoms with Gasteiger partial charge in [0.05, 0.1) is 0 Å². The maximum atomic E-state index is 12.8. The number of amides is 1. The summed E-state index contributed by atoms with van der Waals surface area (Å²) in [5, 5.41) is 0. The van der Waals surface area contributed by atoms with Crippen molar-refractivity contribution < 1.29 is 19.1 Å². The number of carbonyl (C=O) groups is 2. The Morgan fingerprint density at radius 2 is 1.82 bits per heavy atom. The molecule has 1 amide bonds. The first kappa shape index (κ1) is 21.9. The summed E-state index contributed by atoms with van der Waals surface area (Å²) in [5.41, 5.74) is -0.140. The Balaban J connectivity index is 1.97. The fourth-order valence-electron chi connectivity index (χ4n) is 2.41. The molecule has 1 aromatic heterocycles. The van der Waals surface area contributed by atoms with Crippen LogP contribution in [0.4, 0.5) is 0 Å². The summed E-state index contributed by atoms with van der Waals surface area (Å²) in [6, 6.07) is 10.6. The van der Waals surface area contributed by atoms with E-state index in [-0.39, 0.29) is 24.2 Å². The summed E-state index contributed by atoms with van der Waals surface area (Å²) in [7, 11) is 1.69. The third-order valence-electron chi connectivity index (χ3n) is 3.67. The summed E-state index contributed by atoms with van der Waals surface area (Å²) in [4.78, 5) is 30.3. The molecule has 150 valence electrons. The Bertz CT molecular complexity index is 816. The molecule has 0 N–H and O–H groups in total. The quantitative estimate of drug-likeness (QED) is 0.567. The minimum absolute atomic E-state index is 0.218. The smallest absolute Gasteiger partial charge is 0.306 e. The predicted molar refractivity (Wildman–Crippen MR) is 110 cm³/mol. The van der Waals surface area contributed by atoms with E-state index in [4.69, 9.17) is 9.47 Å². The highest BCUT2D eigenvalue weighted by atomic mass is 79.9. The second kappa shape index (κ2) is 9.68. The van der Waals surface area contributed by atoms with E-state index in [1.165, 1.54) is 0 Å². The molecule has 6 nitrogen and oxygen atoms in total. The van der Waals surface area contributed by atoms with Gasteiger partial charge >= 0.3 is 5.97 Å². The zero-order chi connectivity index (χ0) is 20.7. The van der Waals surface area contributed by atoms with Crippen molar-refractivity contribution in [2.75, 3.05) is 13.6 Å². The van der Waals surface area contributed by atoms with Crippen LogP contribution in [-0.4, -0.2) is 41.0 Å². The first-order valence-corrected chi connectivity index (χ1v) is 9.81. The minimum Gasteiger partial charge on any atom is -0.460 e. The number of esters is 1. The minimum atomic E-state index is -0.506. The van der Waals surface area contributed by atoms with Gasteiger partial charge in [-0.3, -0.25) is 9.59 Å². The summed E-state index contributed by atoms with van der Waals surface area (Å²) in [6.45, 7) is 5.91. The largest absolute Gasteiger partial charge is 0.460 e. The van der Waals surface area contributed by atoms with Crippen LogP contribution in [0.25, 0.3) is 0 Å². The molecule has 2 rings (SSSR count). The van der Waals surface area contributed by atoms with Crippen molar-refractivity contribution >= 4 is 27.8 Å². The molecule has 2 aromatic rings. The Morgan fingerprint density at radius 1 is 1.14 bits per heavy atom. The Kier molecular flexibility index (Phi) is 7.57. The standard InChI is InChI=1S/C21H25BrN2O4/c1-21(2,3)28-18(25)8-6-14-24(4)20(26)17-7-5-13-23-19(17)27-16-11-9-15(22)10-12-16/h5,7,9-13H,6,8,14H2,1-4H3. The number of ether oxygens (including phenoxy) is 2. The van der Waals surface area contributed by atoms with Crippen LogP contribution in [0.2, 0.25) is 0 Å². The van der Waals surface area contributed by atoms with Crippen LogP contribution in [0.15, 0.2) is 47.1 Å².